The first-order chi connectivity index (χ1) is 11.8. The van der Waals surface area contributed by atoms with E-state index in [0.29, 0.717) is 5.92 Å². The van der Waals surface area contributed by atoms with E-state index in [0.717, 1.165) is 30.3 Å². The maximum atomic E-state index is 12.4. The van der Waals surface area contributed by atoms with E-state index in [2.05, 4.69) is 32.3 Å². The summed E-state index contributed by atoms with van der Waals surface area (Å²) in [4.78, 5) is 24.1. The lowest BCUT2D eigenvalue weighted by Gasteiger charge is -2.16. The van der Waals surface area contributed by atoms with Crippen molar-refractivity contribution < 1.29 is 4.79 Å². The van der Waals surface area contributed by atoms with Crippen LogP contribution in [0.2, 0.25) is 0 Å². The molecule has 0 radical (unpaired) electrons. The largest absolute Gasteiger partial charge is 0.354 e. The van der Waals surface area contributed by atoms with Gasteiger partial charge >= 0.3 is 0 Å². The van der Waals surface area contributed by atoms with Crippen LogP contribution in [0.25, 0.3) is 10.1 Å². The molecule has 0 spiro atoms. The summed E-state index contributed by atoms with van der Waals surface area (Å²) in [6, 6.07) is 10.1. The maximum absolute atomic E-state index is 12.4. The Labute approximate surface area is 144 Å². The molecule has 1 saturated heterocycles. The molecule has 1 aromatic carbocycles. The zero-order valence-electron chi connectivity index (χ0n) is 13.4. The Morgan fingerprint density at radius 1 is 1.25 bits per heavy atom. The lowest BCUT2D eigenvalue weighted by Crippen LogP contribution is -2.22. The SMILES string of the molecule is CNC(=O)c1sc2ccccc2c1[C@H]1CCN(c2ncccn2)C1. The summed E-state index contributed by atoms with van der Waals surface area (Å²) in [6.45, 7) is 1.75. The summed E-state index contributed by atoms with van der Waals surface area (Å²) in [5.41, 5.74) is 1.17. The Bertz CT molecular complexity index is 877. The fourth-order valence-electron chi connectivity index (χ4n) is 3.38. The van der Waals surface area contributed by atoms with Crippen LogP contribution in [0.3, 0.4) is 0 Å². The first-order valence-electron chi connectivity index (χ1n) is 8.03. The van der Waals surface area contributed by atoms with Crippen molar-refractivity contribution in [3.05, 3.63) is 53.2 Å². The molecule has 3 heterocycles. The number of fused-ring (bicyclic) bond motifs is 1. The van der Waals surface area contributed by atoms with E-state index >= 15 is 0 Å². The molecule has 1 atom stereocenters. The van der Waals surface area contributed by atoms with E-state index in [1.54, 1.807) is 30.8 Å². The molecule has 5 nitrogen and oxygen atoms in total. The van der Waals surface area contributed by atoms with Gasteiger partial charge in [-0.15, -0.1) is 11.3 Å². The van der Waals surface area contributed by atoms with Gasteiger partial charge in [-0.05, 0) is 29.5 Å². The average molecular weight is 338 g/mol. The zero-order valence-corrected chi connectivity index (χ0v) is 14.2. The highest BCUT2D eigenvalue weighted by Gasteiger charge is 2.31. The molecule has 1 amide bonds. The Kier molecular flexibility index (Phi) is 3.90. The fourth-order valence-corrected chi connectivity index (χ4v) is 4.62. The normalized spacial score (nSPS) is 17.4. The Morgan fingerprint density at radius 2 is 2.04 bits per heavy atom. The third-order valence-electron chi connectivity index (χ3n) is 4.50. The van der Waals surface area contributed by atoms with Crippen molar-refractivity contribution in [1.29, 1.82) is 0 Å². The van der Waals surface area contributed by atoms with Crippen LogP contribution in [0.15, 0.2) is 42.7 Å². The second kappa shape index (κ2) is 6.20. The molecule has 0 bridgehead atoms. The molecule has 0 saturated carbocycles. The van der Waals surface area contributed by atoms with Crippen LogP contribution in [0.1, 0.15) is 27.6 Å². The number of thiophene rings is 1. The topological polar surface area (TPSA) is 58.1 Å². The predicted molar refractivity (Wildman–Crippen MR) is 96.8 cm³/mol. The lowest BCUT2D eigenvalue weighted by molar-refractivity contribution is 0.0966. The van der Waals surface area contributed by atoms with E-state index in [1.807, 2.05) is 18.2 Å². The summed E-state index contributed by atoms with van der Waals surface area (Å²) >= 11 is 1.58. The van der Waals surface area contributed by atoms with Crippen LogP contribution in [-0.4, -0.2) is 36.0 Å². The number of carbonyl (C=O) groups excluding carboxylic acids is 1. The van der Waals surface area contributed by atoms with E-state index in [-0.39, 0.29) is 5.91 Å². The van der Waals surface area contributed by atoms with Crippen molar-refractivity contribution in [2.45, 2.75) is 12.3 Å². The molecular weight excluding hydrogens is 320 g/mol. The number of hydrogen-bond donors (Lipinski definition) is 1. The van der Waals surface area contributed by atoms with Gasteiger partial charge in [0, 0.05) is 43.1 Å². The molecule has 1 fully saturated rings. The van der Waals surface area contributed by atoms with Crippen molar-refractivity contribution in [2.24, 2.45) is 0 Å². The van der Waals surface area contributed by atoms with Crippen LogP contribution in [0.5, 0.6) is 0 Å². The van der Waals surface area contributed by atoms with Crippen molar-refractivity contribution in [2.75, 3.05) is 25.0 Å². The number of amides is 1. The first kappa shape index (κ1) is 15.1. The van der Waals surface area contributed by atoms with Gasteiger partial charge in [-0.25, -0.2) is 9.97 Å². The Hall–Kier alpha value is -2.47. The molecular formula is C18H18N4OS. The molecule has 1 aliphatic heterocycles. The van der Waals surface area contributed by atoms with E-state index < -0.39 is 0 Å². The molecule has 3 aromatic rings. The summed E-state index contributed by atoms with van der Waals surface area (Å²) in [6.07, 6.45) is 4.54. The van der Waals surface area contributed by atoms with Crippen molar-refractivity contribution in [3.63, 3.8) is 0 Å². The Balaban J connectivity index is 1.73. The van der Waals surface area contributed by atoms with Crippen molar-refractivity contribution >= 4 is 33.3 Å². The minimum Gasteiger partial charge on any atom is -0.354 e. The Morgan fingerprint density at radius 3 is 2.83 bits per heavy atom. The van der Waals surface area contributed by atoms with Gasteiger partial charge in [0.1, 0.15) is 0 Å². The second-order valence-corrected chi connectivity index (χ2v) is 6.95. The van der Waals surface area contributed by atoms with E-state index in [4.69, 9.17) is 0 Å². The molecule has 0 aliphatic carbocycles. The molecule has 4 rings (SSSR count). The smallest absolute Gasteiger partial charge is 0.261 e. The summed E-state index contributed by atoms with van der Waals surface area (Å²) in [5, 5.41) is 3.98. The van der Waals surface area contributed by atoms with Gasteiger partial charge in [0.2, 0.25) is 5.95 Å². The molecule has 6 heteroatoms. The molecule has 0 unspecified atom stereocenters. The van der Waals surface area contributed by atoms with Gasteiger partial charge in [0.15, 0.2) is 0 Å². The highest BCUT2D eigenvalue weighted by Crippen LogP contribution is 2.40. The monoisotopic (exact) mass is 338 g/mol. The standard InChI is InChI=1S/C18H18N4OS/c1-19-17(23)16-15(13-5-2-3-6-14(13)24-16)12-7-10-22(11-12)18-20-8-4-9-21-18/h2-6,8-9,12H,7,10-11H2,1H3,(H,19,23)/t12-/m0/s1. The number of nitrogens with one attached hydrogen (secondary N) is 1. The van der Waals surface area contributed by atoms with Crippen molar-refractivity contribution in [1.82, 2.24) is 15.3 Å². The number of hydrogen-bond acceptors (Lipinski definition) is 5. The third kappa shape index (κ3) is 2.53. The molecule has 122 valence electrons. The van der Waals surface area contributed by atoms with Crippen LogP contribution >= 0.6 is 11.3 Å². The van der Waals surface area contributed by atoms with Crippen LogP contribution in [0, 0.1) is 0 Å². The van der Waals surface area contributed by atoms with Gasteiger partial charge in [0.05, 0.1) is 4.88 Å². The maximum Gasteiger partial charge on any atom is 0.261 e. The minimum absolute atomic E-state index is 0.000566. The quantitative estimate of drug-likeness (QED) is 0.797. The van der Waals surface area contributed by atoms with E-state index in [9.17, 15) is 4.79 Å². The molecule has 1 N–H and O–H groups in total. The minimum atomic E-state index is 0.000566. The fraction of sp³-hybridized carbons (Fsp3) is 0.278. The number of benzene rings is 1. The van der Waals surface area contributed by atoms with Gasteiger partial charge in [-0.1, -0.05) is 18.2 Å². The van der Waals surface area contributed by atoms with Crippen LogP contribution < -0.4 is 10.2 Å². The zero-order chi connectivity index (χ0) is 16.5. The first-order valence-corrected chi connectivity index (χ1v) is 8.85. The number of aromatic nitrogens is 2. The molecule has 2 aromatic heterocycles. The van der Waals surface area contributed by atoms with Crippen molar-refractivity contribution in [3.8, 4) is 0 Å². The predicted octanol–water partition coefficient (Wildman–Crippen LogP) is 3.04. The van der Waals surface area contributed by atoms with Crippen LogP contribution in [-0.2, 0) is 0 Å². The van der Waals surface area contributed by atoms with E-state index in [1.165, 1.54) is 15.6 Å². The highest BCUT2D eigenvalue weighted by atomic mass is 32.1. The number of nitrogens with zero attached hydrogens (tertiary/aromatic N) is 3. The van der Waals surface area contributed by atoms with Gasteiger partial charge in [0.25, 0.3) is 5.91 Å². The molecule has 1 aliphatic rings. The second-order valence-electron chi connectivity index (χ2n) is 5.90. The van der Waals surface area contributed by atoms with Gasteiger partial charge < -0.3 is 10.2 Å². The van der Waals surface area contributed by atoms with Gasteiger partial charge in [-0.3, -0.25) is 4.79 Å². The summed E-state index contributed by atoms with van der Waals surface area (Å²) in [5.74, 6) is 1.08. The number of anilines is 1. The summed E-state index contributed by atoms with van der Waals surface area (Å²) in [7, 11) is 1.69. The van der Waals surface area contributed by atoms with Gasteiger partial charge in [-0.2, -0.15) is 0 Å². The highest BCUT2D eigenvalue weighted by molar-refractivity contribution is 7.21. The number of carbonyl (C=O) groups is 1. The lowest BCUT2D eigenvalue weighted by atomic mass is 9.95. The summed E-state index contributed by atoms with van der Waals surface area (Å²) < 4.78 is 1.17. The molecule has 24 heavy (non-hydrogen) atoms. The van der Waals surface area contributed by atoms with Crippen LogP contribution in [0.4, 0.5) is 5.95 Å². The third-order valence-corrected chi connectivity index (χ3v) is 5.68. The average Bonchev–Trinajstić information content (AvgIpc) is 3.26. The number of rotatable bonds is 3.